The van der Waals surface area contributed by atoms with Crippen molar-refractivity contribution in [3.8, 4) is 0 Å². The van der Waals surface area contributed by atoms with Crippen LogP contribution in [0.25, 0.3) is 0 Å². The van der Waals surface area contributed by atoms with Gasteiger partial charge in [-0.25, -0.2) is 4.39 Å². The highest BCUT2D eigenvalue weighted by atomic mass is 35.5. The quantitative estimate of drug-likeness (QED) is 0.907. The van der Waals surface area contributed by atoms with Gasteiger partial charge in [0, 0.05) is 22.8 Å². The molecule has 0 bridgehead atoms. The second kappa shape index (κ2) is 7.38. The van der Waals surface area contributed by atoms with Crippen molar-refractivity contribution >= 4 is 23.2 Å². The van der Waals surface area contributed by atoms with Crippen LogP contribution in [0.1, 0.15) is 11.1 Å². The van der Waals surface area contributed by atoms with Crippen LogP contribution in [0.4, 0.5) is 10.1 Å². The maximum Gasteiger partial charge on any atom is 0.238 e. The molecule has 1 amide bonds. The zero-order valence-corrected chi connectivity index (χ0v) is 13.3. The molecule has 2 aromatic rings. The number of hydrogen-bond acceptors (Lipinski definition) is 2. The number of carbonyl (C=O) groups excluding carboxylic acids is 1. The van der Waals surface area contributed by atoms with Crippen molar-refractivity contribution in [1.29, 1.82) is 0 Å². The van der Waals surface area contributed by atoms with Crippen molar-refractivity contribution in [2.75, 3.05) is 18.9 Å². The summed E-state index contributed by atoms with van der Waals surface area (Å²) in [7, 11) is 1.78. The molecule has 2 rings (SSSR count). The molecule has 0 heterocycles. The van der Waals surface area contributed by atoms with Gasteiger partial charge in [0.2, 0.25) is 5.91 Å². The van der Waals surface area contributed by atoms with E-state index in [-0.39, 0.29) is 18.3 Å². The Hall–Kier alpha value is -1.91. The minimum atomic E-state index is -0.261. The number of carbonyl (C=O) groups is 1. The van der Waals surface area contributed by atoms with E-state index in [0.717, 1.165) is 11.3 Å². The predicted molar refractivity (Wildman–Crippen MR) is 87.6 cm³/mol. The van der Waals surface area contributed by atoms with Gasteiger partial charge >= 0.3 is 0 Å². The molecule has 0 aliphatic heterocycles. The van der Waals surface area contributed by atoms with Gasteiger partial charge in [0.15, 0.2) is 0 Å². The summed E-state index contributed by atoms with van der Waals surface area (Å²) in [6, 6.07) is 11.9. The molecule has 0 unspecified atom stereocenters. The van der Waals surface area contributed by atoms with Crippen molar-refractivity contribution in [3.05, 3.63) is 64.4 Å². The topological polar surface area (TPSA) is 32.3 Å². The van der Waals surface area contributed by atoms with Gasteiger partial charge in [0.25, 0.3) is 0 Å². The van der Waals surface area contributed by atoms with E-state index < -0.39 is 0 Å². The Bertz CT molecular complexity index is 675. The lowest BCUT2D eigenvalue weighted by Gasteiger charge is -2.17. The van der Waals surface area contributed by atoms with Crippen LogP contribution in [-0.4, -0.2) is 24.4 Å². The van der Waals surface area contributed by atoms with Crippen molar-refractivity contribution in [1.82, 2.24) is 4.90 Å². The van der Waals surface area contributed by atoms with Crippen LogP contribution in [-0.2, 0) is 11.3 Å². The number of amides is 1. The average Bonchev–Trinajstić information content (AvgIpc) is 2.44. The molecule has 0 atom stereocenters. The highest BCUT2D eigenvalue weighted by Crippen LogP contribution is 2.19. The molecule has 0 radical (unpaired) electrons. The van der Waals surface area contributed by atoms with Gasteiger partial charge < -0.3 is 5.32 Å². The molecular weight excluding hydrogens is 303 g/mol. The first-order valence-electron chi connectivity index (χ1n) is 6.93. The maximum absolute atomic E-state index is 13.6. The minimum absolute atomic E-state index is 0.149. The number of halogens is 2. The van der Waals surface area contributed by atoms with E-state index in [1.807, 2.05) is 6.92 Å². The summed E-state index contributed by atoms with van der Waals surface area (Å²) in [6.07, 6.45) is 0. The average molecular weight is 321 g/mol. The third-order valence-electron chi connectivity index (χ3n) is 3.27. The van der Waals surface area contributed by atoms with Crippen LogP contribution in [0.2, 0.25) is 5.02 Å². The van der Waals surface area contributed by atoms with Crippen LogP contribution >= 0.6 is 11.6 Å². The second-order valence-corrected chi connectivity index (χ2v) is 5.71. The molecule has 5 heteroatoms. The summed E-state index contributed by atoms with van der Waals surface area (Å²) in [6.45, 7) is 2.43. The van der Waals surface area contributed by atoms with Gasteiger partial charge in [-0.2, -0.15) is 0 Å². The number of nitrogens with zero attached hydrogens (tertiary/aromatic N) is 1. The van der Waals surface area contributed by atoms with Crippen molar-refractivity contribution in [2.24, 2.45) is 0 Å². The summed E-state index contributed by atoms with van der Waals surface area (Å²) in [4.78, 5) is 13.8. The standard InChI is InChI=1S/C17H18ClFN2O/c1-12-9-14(18)7-8-16(12)20-17(22)11-21(2)10-13-5-3-4-6-15(13)19/h3-9H,10-11H2,1-2H3,(H,20,22). The van der Waals surface area contributed by atoms with Crippen molar-refractivity contribution in [2.45, 2.75) is 13.5 Å². The van der Waals surface area contributed by atoms with Crippen LogP contribution in [0.5, 0.6) is 0 Å². The lowest BCUT2D eigenvalue weighted by Crippen LogP contribution is -2.30. The van der Waals surface area contributed by atoms with E-state index in [1.165, 1.54) is 6.07 Å². The van der Waals surface area contributed by atoms with Gasteiger partial charge in [0.1, 0.15) is 5.82 Å². The van der Waals surface area contributed by atoms with Crippen molar-refractivity contribution < 1.29 is 9.18 Å². The van der Waals surface area contributed by atoms with Crippen LogP contribution < -0.4 is 5.32 Å². The fourth-order valence-electron chi connectivity index (χ4n) is 2.18. The monoisotopic (exact) mass is 320 g/mol. The fourth-order valence-corrected chi connectivity index (χ4v) is 2.40. The molecule has 0 fully saturated rings. The molecule has 0 aliphatic carbocycles. The summed E-state index contributed by atoms with van der Waals surface area (Å²) < 4.78 is 13.6. The molecule has 0 saturated heterocycles. The Morgan fingerprint density at radius 1 is 1.27 bits per heavy atom. The Labute approximate surface area is 134 Å². The molecule has 0 aliphatic rings. The van der Waals surface area contributed by atoms with Crippen LogP contribution in [0.15, 0.2) is 42.5 Å². The van der Waals surface area contributed by atoms with E-state index in [9.17, 15) is 9.18 Å². The zero-order valence-electron chi connectivity index (χ0n) is 12.6. The van der Waals surface area contributed by atoms with Gasteiger partial charge in [-0.05, 0) is 43.8 Å². The molecule has 116 valence electrons. The molecule has 22 heavy (non-hydrogen) atoms. The molecule has 1 N–H and O–H groups in total. The number of anilines is 1. The molecule has 0 spiro atoms. The third kappa shape index (κ3) is 4.55. The molecule has 3 nitrogen and oxygen atoms in total. The Balaban J connectivity index is 1.93. The first-order valence-corrected chi connectivity index (χ1v) is 7.31. The third-order valence-corrected chi connectivity index (χ3v) is 3.51. The highest BCUT2D eigenvalue weighted by Gasteiger charge is 2.10. The number of benzene rings is 2. The molecule has 0 saturated carbocycles. The van der Waals surface area contributed by atoms with E-state index in [2.05, 4.69) is 5.32 Å². The van der Waals surface area contributed by atoms with Crippen molar-refractivity contribution in [3.63, 3.8) is 0 Å². The summed E-state index contributed by atoms with van der Waals surface area (Å²) >= 11 is 5.89. The highest BCUT2D eigenvalue weighted by molar-refractivity contribution is 6.30. The van der Waals surface area contributed by atoms with Gasteiger partial charge in [-0.15, -0.1) is 0 Å². The largest absolute Gasteiger partial charge is 0.325 e. The van der Waals surface area contributed by atoms with Crippen LogP contribution in [0.3, 0.4) is 0 Å². The van der Waals surface area contributed by atoms with Gasteiger partial charge in [-0.1, -0.05) is 29.8 Å². The number of rotatable bonds is 5. The number of nitrogens with one attached hydrogen (secondary N) is 1. The number of aryl methyl sites for hydroxylation is 1. The smallest absolute Gasteiger partial charge is 0.238 e. The SMILES string of the molecule is Cc1cc(Cl)ccc1NC(=O)CN(C)Cc1ccccc1F. The molecule has 0 aromatic heterocycles. The summed E-state index contributed by atoms with van der Waals surface area (Å²) in [5.74, 6) is -0.410. The Morgan fingerprint density at radius 3 is 2.68 bits per heavy atom. The second-order valence-electron chi connectivity index (χ2n) is 5.27. The molecular formula is C17H18ClFN2O. The van der Waals surface area contributed by atoms with E-state index in [0.29, 0.717) is 17.1 Å². The lowest BCUT2D eigenvalue weighted by molar-refractivity contribution is -0.117. The Kier molecular flexibility index (Phi) is 5.52. The minimum Gasteiger partial charge on any atom is -0.325 e. The zero-order chi connectivity index (χ0) is 16.1. The lowest BCUT2D eigenvalue weighted by atomic mass is 10.2. The number of hydrogen-bond donors (Lipinski definition) is 1. The summed E-state index contributed by atoms with van der Waals surface area (Å²) in [5, 5.41) is 3.47. The van der Waals surface area contributed by atoms with E-state index in [1.54, 1.807) is 48.3 Å². The Morgan fingerprint density at radius 2 is 2.00 bits per heavy atom. The summed E-state index contributed by atoms with van der Waals surface area (Å²) in [5.41, 5.74) is 2.20. The van der Waals surface area contributed by atoms with E-state index in [4.69, 9.17) is 11.6 Å². The van der Waals surface area contributed by atoms with Gasteiger partial charge in [0.05, 0.1) is 6.54 Å². The first-order chi connectivity index (χ1) is 10.5. The number of likely N-dealkylation sites (N-methyl/N-ethyl adjacent to an activating group) is 1. The normalized spacial score (nSPS) is 10.8. The van der Waals surface area contributed by atoms with E-state index >= 15 is 0 Å². The first kappa shape index (κ1) is 16.5. The molecule has 2 aromatic carbocycles. The van der Waals surface area contributed by atoms with Gasteiger partial charge in [-0.3, -0.25) is 9.69 Å². The predicted octanol–water partition coefficient (Wildman–Crippen LogP) is 3.86. The fraction of sp³-hybridized carbons (Fsp3) is 0.235. The van der Waals surface area contributed by atoms with Crippen LogP contribution in [0, 0.1) is 12.7 Å². The maximum atomic E-state index is 13.6.